The molecule has 0 atom stereocenters. The lowest BCUT2D eigenvalue weighted by Gasteiger charge is -2.07. The van der Waals surface area contributed by atoms with Gasteiger partial charge in [-0.3, -0.25) is 4.79 Å². The Hall–Kier alpha value is -2.76. The van der Waals surface area contributed by atoms with E-state index in [1.54, 1.807) is 0 Å². The van der Waals surface area contributed by atoms with Gasteiger partial charge in [0.1, 0.15) is 0 Å². The van der Waals surface area contributed by atoms with Crippen molar-refractivity contribution in [3.63, 3.8) is 0 Å². The van der Waals surface area contributed by atoms with Gasteiger partial charge in [-0.15, -0.1) is 0 Å². The van der Waals surface area contributed by atoms with Crippen molar-refractivity contribution in [3.8, 4) is 17.2 Å². The second kappa shape index (κ2) is 6.56. The van der Waals surface area contributed by atoms with Crippen LogP contribution in [0.5, 0.6) is 17.2 Å². The first-order valence-corrected chi connectivity index (χ1v) is 7.17. The zero-order chi connectivity index (χ0) is 16.2. The van der Waals surface area contributed by atoms with E-state index in [0.29, 0.717) is 18.7 Å². The average molecular weight is 317 g/mol. The van der Waals surface area contributed by atoms with Crippen LogP contribution in [0, 0.1) is 5.82 Å². The molecule has 1 N–H and O–H groups in total. The first-order valence-electron chi connectivity index (χ1n) is 7.17. The Bertz CT molecular complexity index is 733. The lowest BCUT2D eigenvalue weighted by molar-refractivity contribution is 0.0953. The Morgan fingerprint density at radius 3 is 2.83 bits per heavy atom. The summed E-state index contributed by atoms with van der Waals surface area (Å²) >= 11 is 0. The Morgan fingerprint density at radius 2 is 2.04 bits per heavy atom. The summed E-state index contributed by atoms with van der Waals surface area (Å²) in [7, 11) is 1.38. The minimum atomic E-state index is -0.559. The second-order valence-corrected chi connectivity index (χ2v) is 5.04. The Balaban J connectivity index is 1.56. The zero-order valence-corrected chi connectivity index (χ0v) is 12.6. The summed E-state index contributed by atoms with van der Waals surface area (Å²) in [6.45, 7) is 0.671. The van der Waals surface area contributed by atoms with Crippen molar-refractivity contribution in [2.24, 2.45) is 0 Å². The highest BCUT2D eigenvalue weighted by Crippen LogP contribution is 2.32. The van der Waals surface area contributed by atoms with Gasteiger partial charge in [-0.1, -0.05) is 6.07 Å². The molecule has 1 aliphatic heterocycles. The number of hydrogen-bond donors (Lipinski definition) is 1. The molecule has 2 aromatic carbocycles. The fourth-order valence-corrected chi connectivity index (χ4v) is 2.33. The second-order valence-electron chi connectivity index (χ2n) is 5.04. The van der Waals surface area contributed by atoms with E-state index in [1.165, 1.54) is 19.2 Å². The van der Waals surface area contributed by atoms with Crippen LogP contribution in [0.2, 0.25) is 0 Å². The number of amides is 1. The molecule has 1 heterocycles. The van der Waals surface area contributed by atoms with Crippen molar-refractivity contribution in [2.75, 3.05) is 20.4 Å². The molecule has 120 valence electrons. The van der Waals surface area contributed by atoms with Gasteiger partial charge in [0.25, 0.3) is 5.91 Å². The van der Waals surface area contributed by atoms with Crippen LogP contribution in [-0.4, -0.2) is 26.4 Å². The monoisotopic (exact) mass is 317 g/mol. The number of carbonyl (C=O) groups is 1. The minimum absolute atomic E-state index is 0.113. The summed E-state index contributed by atoms with van der Waals surface area (Å²) in [4.78, 5) is 12.0. The number of benzene rings is 2. The topological polar surface area (TPSA) is 56.8 Å². The first-order chi connectivity index (χ1) is 11.2. The fraction of sp³-hybridized carbons (Fsp3) is 0.235. The van der Waals surface area contributed by atoms with Gasteiger partial charge >= 0.3 is 0 Å². The fourth-order valence-electron chi connectivity index (χ4n) is 2.33. The summed E-state index contributed by atoms with van der Waals surface area (Å²) in [6, 6.07) is 9.78. The predicted octanol–water partition coefficient (Wildman–Crippen LogP) is 2.54. The number of methoxy groups -OCH3 is 1. The quantitative estimate of drug-likeness (QED) is 0.921. The van der Waals surface area contributed by atoms with Crippen molar-refractivity contribution < 1.29 is 23.4 Å². The highest BCUT2D eigenvalue weighted by atomic mass is 19.1. The van der Waals surface area contributed by atoms with E-state index in [4.69, 9.17) is 14.2 Å². The molecule has 0 saturated carbocycles. The maximum Gasteiger partial charge on any atom is 0.251 e. The van der Waals surface area contributed by atoms with Crippen LogP contribution < -0.4 is 19.5 Å². The summed E-state index contributed by atoms with van der Waals surface area (Å²) in [6.07, 6.45) is 0.640. The molecule has 23 heavy (non-hydrogen) atoms. The van der Waals surface area contributed by atoms with Crippen molar-refractivity contribution in [1.29, 1.82) is 0 Å². The number of carbonyl (C=O) groups excluding carboxylic acids is 1. The molecule has 0 aromatic heterocycles. The lowest BCUT2D eigenvalue weighted by Crippen LogP contribution is -2.25. The van der Waals surface area contributed by atoms with E-state index in [1.807, 2.05) is 18.2 Å². The van der Waals surface area contributed by atoms with E-state index in [2.05, 4.69) is 5.32 Å². The molecule has 1 aliphatic rings. The number of hydrogen-bond acceptors (Lipinski definition) is 4. The number of rotatable bonds is 5. The molecule has 0 fully saturated rings. The molecule has 3 rings (SSSR count). The van der Waals surface area contributed by atoms with Gasteiger partial charge in [0.2, 0.25) is 6.79 Å². The third-order valence-corrected chi connectivity index (χ3v) is 3.55. The molecule has 2 aromatic rings. The molecular weight excluding hydrogens is 301 g/mol. The van der Waals surface area contributed by atoms with Crippen LogP contribution >= 0.6 is 0 Å². The van der Waals surface area contributed by atoms with Gasteiger partial charge in [-0.25, -0.2) is 4.39 Å². The third kappa shape index (κ3) is 3.36. The molecule has 6 heteroatoms. The normalized spacial score (nSPS) is 12.1. The van der Waals surface area contributed by atoms with Gasteiger partial charge in [0.15, 0.2) is 23.1 Å². The van der Waals surface area contributed by atoms with Crippen LogP contribution in [0.3, 0.4) is 0 Å². The minimum Gasteiger partial charge on any atom is -0.494 e. The van der Waals surface area contributed by atoms with Crippen LogP contribution in [0.4, 0.5) is 4.39 Å². The maximum atomic E-state index is 13.6. The van der Waals surface area contributed by atoms with Crippen molar-refractivity contribution in [1.82, 2.24) is 5.32 Å². The summed E-state index contributed by atoms with van der Waals surface area (Å²) in [5.41, 5.74) is 1.28. The maximum absolute atomic E-state index is 13.6. The van der Waals surface area contributed by atoms with Crippen molar-refractivity contribution in [3.05, 3.63) is 53.3 Å². The van der Waals surface area contributed by atoms with Crippen molar-refractivity contribution in [2.45, 2.75) is 6.42 Å². The number of nitrogens with one attached hydrogen (secondary N) is 1. The molecule has 0 aliphatic carbocycles. The van der Waals surface area contributed by atoms with Crippen LogP contribution in [0.25, 0.3) is 0 Å². The standard InChI is InChI=1S/C17H16FNO4/c1-21-14-5-3-12(9-13(14)18)17(20)19-7-6-11-2-4-15-16(8-11)23-10-22-15/h2-5,8-9H,6-7,10H2,1H3,(H,19,20). The van der Waals surface area contributed by atoms with E-state index in [-0.39, 0.29) is 24.0 Å². The summed E-state index contributed by atoms with van der Waals surface area (Å²) in [5.74, 6) is 0.669. The zero-order valence-electron chi connectivity index (χ0n) is 12.6. The van der Waals surface area contributed by atoms with Crippen LogP contribution in [0.15, 0.2) is 36.4 Å². The van der Waals surface area contributed by atoms with Gasteiger partial charge in [-0.2, -0.15) is 0 Å². The van der Waals surface area contributed by atoms with Crippen molar-refractivity contribution >= 4 is 5.91 Å². The Morgan fingerprint density at radius 1 is 1.22 bits per heavy atom. The highest BCUT2D eigenvalue weighted by Gasteiger charge is 2.13. The van der Waals surface area contributed by atoms with Crippen LogP contribution in [0.1, 0.15) is 15.9 Å². The van der Waals surface area contributed by atoms with Gasteiger partial charge in [0.05, 0.1) is 7.11 Å². The summed E-state index contributed by atoms with van der Waals surface area (Å²) in [5, 5.41) is 2.76. The van der Waals surface area contributed by atoms with E-state index in [0.717, 1.165) is 17.4 Å². The summed E-state index contributed by atoms with van der Waals surface area (Å²) < 4.78 is 29.0. The van der Waals surface area contributed by atoms with Gasteiger partial charge in [-0.05, 0) is 42.3 Å². The average Bonchev–Trinajstić information content (AvgIpc) is 3.02. The first kappa shape index (κ1) is 15.1. The largest absolute Gasteiger partial charge is 0.494 e. The molecule has 0 spiro atoms. The van der Waals surface area contributed by atoms with E-state index >= 15 is 0 Å². The van der Waals surface area contributed by atoms with E-state index < -0.39 is 5.82 Å². The molecule has 0 radical (unpaired) electrons. The lowest BCUT2D eigenvalue weighted by atomic mass is 10.1. The Labute approximate surface area is 133 Å². The number of ether oxygens (including phenoxy) is 3. The third-order valence-electron chi connectivity index (χ3n) is 3.55. The number of fused-ring (bicyclic) bond motifs is 1. The molecule has 0 unspecified atom stereocenters. The van der Waals surface area contributed by atoms with Gasteiger partial charge < -0.3 is 19.5 Å². The molecule has 0 bridgehead atoms. The SMILES string of the molecule is COc1ccc(C(=O)NCCc2ccc3c(c2)OCO3)cc1F. The molecule has 1 amide bonds. The number of halogens is 1. The smallest absolute Gasteiger partial charge is 0.251 e. The molecule has 0 saturated heterocycles. The Kier molecular flexibility index (Phi) is 4.32. The van der Waals surface area contributed by atoms with Crippen LogP contribution in [-0.2, 0) is 6.42 Å². The predicted molar refractivity (Wildman–Crippen MR) is 81.6 cm³/mol. The molecule has 5 nitrogen and oxygen atoms in total. The van der Waals surface area contributed by atoms with Gasteiger partial charge in [0, 0.05) is 12.1 Å². The highest BCUT2D eigenvalue weighted by molar-refractivity contribution is 5.94. The molecular formula is C17H16FNO4. The van der Waals surface area contributed by atoms with E-state index in [9.17, 15) is 9.18 Å².